The number of aromatic nitrogens is 4. The Balaban J connectivity index is 1.80. The smallest absolute Gasteiger partial charge is 0.327 e. The monoisotopic (exact) mass is 328 g/mol. The number of hydrogen-bond acceptors (Lipinski definition) is 7. The van der Waals surface area contributed by atoms with Gasteiger partial charge in [-0.2, -0.15) is 0 Å². The molecule has 0 amide bonds. The van der Waals surface area contributed by atoms with Crippen LogP contribution >= 0.6 is 23.5 Å². The first kappa shape index (κ1) is 15.8. The molecule has 112 valence electrons. The molecule has 2 rings (SSSR count). The highest BCUT2D eigenvalue weighted by molar-refractivity contribution is 8.02. The lowest BCUT2D eigenvalue weighted by Gasteiger charge is -2.04. The first-order valence-corrected chi connectivity index (χ1v) is 8.01. The zero-order chi connectivity index (χ0) is 15.1. The minimum absolute atomic E-state index is 0.0215. The van der Waals surface area contributed by atoms with E-state index in [2.05, 4.69) is 20.3 Å². The molecule has 1 aromatic heterocycles. The van der Waals surface area contributed by atoms with Crippen LogP contribution in [-0.4, -0.2) is 44.8 Å². The van der Waals surface area contributed by atoms with E-state index in [4.69, 9.17) is 0 Å². The quantitative estimate of drug-likeness (QED) is 0.436. The minimum atomic E-state index is -0.412. The molecular formula is C12H13FN4O2S2. The van der Waals surface area contributed by atoms with Gasteiger partial charge in [-0.3, -0.25) is 4.79 Å². The Morgan fingerprint density at radius 2 is 2.10 bits per heavy atom. The SMILES string of the molecule is COC(=O)Cn1nnnc1SCCSc1ccccc1F. The Labute approximate surface area is 129 Å². The maximum Gasteiger partial charge on any atom is 0.327 e. The van der Waals surface area contributed by atoms with Crippen LogP contribution in [0.4, 0.5) is 4.39 Å². The summed E-state index contributed by atoms with van der Waals surface area (Å²) in [7, 11) is 1.31. The molecule has 0 spiro atoms. The summed E-state index contributed by atoms with van der Waals surface area (Å²) in [6.45, 7) is -0.0215. The number of halogens is 1. The normalized spacial score (nSPS) is 10.6. The summed E-state index contributed by atoms with van der Waals surface area (Å²) in [5.74, 6) is 0.768. The van der Waals surface area contributed by atoms with Crippen molar-refractivity contribution in [2.45, 2.75) is 16.6 Å². The topological polar surface area (TPSA) is 69.9 Å². The molecule has 2 aromatic rings. The Morgan fingerprint density at radius 1 is 1.33 bits per heavy atom. The fourth-order valence-electron chi connectivity index (χ4n) is 1.43. The van der Waals surface area contributed by atoms with Gasteiger partial charge in [0.05, 0.1) is 7.11 Å². The van der Waals surface area contributed by atoms with Crippen molar-refractivity contribution in [2.75, 3.05) is 18.6 Å². The highest BCUT2D eigenvalue weighted by Gasteiger charge is 2.11. The van der Waals surface area contributed by atoms with Crippen molar-refractivity contribution in [3.05, 3.63) is 30.1 Å². The lowest BCUT2D eigenvalue weighted by Crippen LogP contribution is -2.13. The maximum atomic E-state index is 13.4. The highest BCUT2D eigenvalue weighted by atomic mass is 32.2. The molecule has 21 heavy (non-hydrogen) atoms. The van der Waals surface area contributed by atoms with Gasteiger partial charge in [0.25, 0.3) is 0 Å². The molecule has 9 heteroatoms. The van der Waals surface area contributed by atoms with Gasteiger partial charge < -0.3 is 4.74 Å². The summed E-state index contributed by atoms with van der Waals surface area (Å²) in [4.78, 5) is 11.8. The molecule has 6 nitrogen and oxygen atoms in total. The lowest BCUT2D eigenvalue weighted by atomic mass is 10.3. The van der Waals surface area contributed by atoms with E-state index in [-0.39, 0.29) is 12.4 Å². The maximum absolute atomic E-state index is 13.4. The van der Waals surface area contributed by atoms with Crippen molar-refractivity contribution in [3.63, 3.8) is 0 Å². The molecular weight excluding hydrogens is 315 g/mol. The van der Waals surface area contributed by atoms with Crippen LogP contribution in [-0.2, 0) is 16.1 Å². The second-order valence-electron chi connectivity index (χ2n) is 3.82. The largest absolute Gasteiger partial charge is 0.468 e. The van der Waals surface area contributed by atoms with Crippen molar-refractivity contribution < 1.29 is 13.9 Å². The third kappa shape index (κ3) is 4.71. The Hall–Kier alpha value is -1.61. The molecule has 0 saturated heterocycles. The Bertz CT molecular complexity index is 608. The summed E-state index contributed by atoms with van der Waals surface area (Å²) in [6, 6.07) is 6.64. The van der Waals surface area contributed by atoms with Crippen molar-refractivity contribution in [3.8, 4) is 0 Å². The number of thioether (sulfide) groups is 2. The highest BCUT2D eigenvalue weighted by Crippen LogP contribution is 2.23. The average Bonchev–Trinajstić information content (AvgIpc) is 2.92. The van der Waals surface area contributed by atoms with E-state index < -0.39 is 5.97 Å². The van der Waals surface area contributed by atoms with Crippen LogP contribution in [0.25, 0.3) is 0 Å². The Kier molecular flexibility index (Phi) is 6.00. The summed E-state index contributed by atoms with van der Waals surface area (Å²) in [5, 5.41) is 11.6. The van der Waals surface area contributed by atoms with Crippen molar-refractivity contribution in [1.82, 2.24) is 20.2 Å². The van der Waals surface area contributed by atoms with Crippen molar-refractivity contribution >= 4 is 29.5 Å². The van der Waals surface area contributed by atoms with E-state index in [1.54, 1.807) is 18.2 Å². The molecule has 0 radical (unpaired) electrons. The minimum Gasteiger partial charge on any atom is -0.468 e. The number of tetrazole rings is 1. The van der Waals surface area contributed by atoms with Crippen LogP contribution < -0.4 is 0 Å². The molecule has 1 heterocycles. The fraction of sp³-hybridized carbons (Fsp3) is 0.333. The van der Waals surface area contributed by atoms with Crippen LogP contribution in [0.1, 0.15) is 0 Å². The number of carbonyl (C=O) groups excluding carboxylic acids is 1. The van der Waals surface area contributed by atoms with Gasteiger partial charge in [0.1, 0.15) is 12.4 Å². The van der Waals surface area contributed by atoms with Crippen molar-refractivity contribution in [2.24, 2.45) is 0 Å². The molecule has 0 aliphatic carbocycles. The van der Waals surface area contributed by atoms with Crippen LogP contribution in [0.2, 0.25) is 0 Å². The Morgan fingerprint density at radius 3 is 2.86 bits per heavy atom. The number of ether oxygens (including phenoxy) is 1. The fourth-order valence-corrected chi connectivity index (χ4v) is 3.23. The number of methoxy groups -OCH3 is 1. The molecule has 0 saturated carbocycles. The van der Waals surface area contributed by atoms with E-state index in [1.807, 2.05) is 0 Å². The van der Waals surface area contributed by atoms with Gasteiger partial charge in [-0.25, -0.2) is 9.07 Å². The average molecular weight is 328 g/mol. The molecule has 0 N–H and O–H groups in total. The third-order valence-corrected chi connectivity index (χ3v) is 4.68. The molecule has 0 atom stereocenters. The van der Waals surface area contributed by atoms with E-state index in [1.165, 1.54) is 41.4 Å². The summed E-state index contributed by atoms with van der Waals surface area (Å²) in [5.41, 5.74) is 0. The van der Waals surface area contributed by atoms with Gasteiger partial charge in [-0.05, 0) is 22.6 Å². The first-order valence-electron chi connectivity index (χ1n) is 6.04. The predicted octanol–water partition coefficient (Wildman–Crippen LogP) is 1.87. The molecule has 0 aliphatic rings. The predicted molar refractivity (Wildman–Crippen MR) is 77.7 cm³/mol. The molecule has 1 aromatic carbocycles. The number of nitrogens with zero attached hydrogens (tertiary/aromatic N) is 4. The molecule has 0 unspecified atom stereocenters. The number of hydrogen-bond donors (Lipinski definition) is 0. The van der Waals surface area contributed by atoms with E-state index in [0.717, 1.165) is 0 Å². The van der Waals surface area contributed by atoms with Crippen LogP contribution in [0, 0.1) is 5.82 Å². The van der Waals surface area contributed by atoms with Gasteiger partial charge in [0, 0.05) is 16.4 Å². The second-order valence-corrected chi connectivity index (χ2v) is 6.02. The van der Waals surface area contributed by atoms with E-state index in [9.17, 15) is 9.18 Å². The molecule has 0 fully saturated rings. The second kappa shape index (κ2) is 7.99. The van der Waals surface area contributed by atoms with E-state index >= 15 is 0 Å². The summed E-state index contributed by atoms with van der Waals surface area (Å²) >= 11 is 2.83. The van der Waals surface area contributed by atoms with Crippen LogP contribution in [0.5, 0.6) is 0 Å². The summed E-state index contributed by atoms with van der Waals surface area (Å²) in [6.07, 6.45) is 0. The molecule has 0 bridgehead atoms. The number of carbonyl (C=O) groups is 1. The zero-order valence-corrected chi connectivity index (χ0v) is 12.9. The van der Waals surface area contributed by atoms with Gasteiger partial charge >= 0.3 is 5.97 Å². The summed E-state index contributed by atoms with van der Waals surface area (Å²) < 4.78 is 19.4. The number of benzene rings is 1. The van der Waals surface area contributed by atoms with Crippen LogP contribution in [0.3, 0.4) is 0 Å². The zero-order valence-electron chi connectivity index (χ0n) is 11.2. The molecule has 0 aliphatic heterocycles. The first-order chi connectivity index (χ1) is 10.2. The van der Waals surface area contributed by atoms with Crippen molar-refractivity contribution in [1.29, 1.82) is 0 Å². The van der Waals surface area contributed by atoms with Crippen LogP contribution in [0.15, 0.2) is 34.3 Å². The van der Waals surface area contributed by atoms with E-state index in [0.29, 0.717) is 21.6 Å². The van der Waals surface area contributed by atoms with Gasteiger partial charge in [-0.15, -0.1) is 16.9 Å². The van der Waals surface area contributed by atoms with Gasteiger partial charge in [0.15, 0.2) is 0 Å². The van der Waals surface area contributed by atoms with Gasteiger partial charge in [-0.1, -0.05) is 23.9 Å². The third-order valence-electron chi connectivity index (χ3n) is 2.41. The van der Waals surface area contributed by atoms with Gasteiger partial charge in [0.2, 0.25) is 5.16 Å². The standard InChI is InChI=1S/C12H13FN4O2S2/c1-19-11(18)8-17-12(14-15-16-17)21-7-6-20-10-5-3-2-4-9(10)13/h2-5H,6-8H2,1H3. The lowest BCUT2D eigenvalue weighted by molar-refractivity contribution is -0.141. The number of rotatable bonds is 7. The number of esters is 1.